The summed E-state index contributed by atoms with van der Waals surface area (Å²) in [6, 6.07) is 9.34. The molecule has 2 rings (SSSR count). The second-order valence-electron chi connectivity index (χ2n) is 9.08. The van der Waals surface area contributed by atoms with Gasteiger partial charge in [-0.1, -0.05) is 70.6 Å². The molecule has 0 aliphatic heterocycles. The van der Waals surface area contributed by atoms with E-state index < -0.39 is 5.92 Å². The van der Waals surface area contributed by atoms with Crippen LogP contribution < -0.4 is 16.0 Å². The zero-order chi connectivity index (χ0) is 23.2. The highest BCUT2D eigenvalue weighted by atomic mass is 16.2. The summed E-state index contributed by atoms with van der Waals surface area (Å²) in [6.07, 6.45) is 9.80. The van der Waals surface area contributed by atoms with Crippen molar-refractivity contribution in [2.45, 2.75) is 90.5 Å². The van der Waals surface area contributed by atoms with Gasteiger partial charge in [-0.15, -0.1) is 0 Å². The third-order valence-corrected chi connectivity index (χ3v) is 6.37. The Morgan fingerprint density at radius 2 is 1.66 bits per heavy atom. The molecular weight excluding hydrogens is 402 g/mol. The number of anilines is 1. The number of amides is 3. The summed E-state index contributed by atoms with van der Waals surface area (Å²) in [5.74, 6) is -0.808. The number of benzene rings is 1. The van der Waals surface area contributed by atoms with Crippen LogP contribution in [0.2, 0.25) is 0 Å². The molecule has 0 heterocycles. The van der Waals surface area contributed by atoms with Gasteiger partial charge in [-0.2, -0.15) is 0 Å². The Hall–Kier alpha value is -2.37. The largest absolute Gasteiger partial charge is 0.356 e. The normalized spacial score (nSPS) is 16.1. The van der Waals surface area contributed by atoms with Crippen molar-refractivity contribution in [3.05, 3.63) is 30.3 Å². The third kappa shape index (κ3) is 9.84. The molecule has 1 aliphatic rings. The number of carbonyl (C=O) groups is 3. The number of para-hydroxylation sites is 1. The average molecular weight is 444 g/mol. The van der Waals surface area contributed by atoms with Crippen molar-refractivity contribution >= 4 is 23.4 Å². The minimum atomic E-state index is -0.670. The highest BCUT2D eigenvalue weighted by molar-refractivity contribution is 5.95. The van der Waals surface area contributed by atoms with Crippen LogP contribution in [0.25, 0.3) is 0 Å². The van der Waals surface area contributed by atoms with E-state index in [9.17, 15) is 14.4 Å². The summed E-state index contributed by atoms with van der Waals surface area (Å²) in [6.45, 7) is 4.94. The second-order valence-corrected chi connectivity index (χ2v) is 9.08. The van der Waals surface area contributed by atoms with E-state index in [0.717, 1.165) is 51.4 Å². The van der Waals surface area contributed by atoms with Gasteiger partial charge in [0.05, 0.1) is 5.92 Å². The number of hydrogen-bond donors (Lipinski definition) is 3. The Bertz CT molecular complexity index is 702. The van der Waals surface area contributed by atoms with Crippen molar-refractivity contribution in [2.24, 2.45) is 11.8 Å². The van der Waals surface area contributed by atoms with Crippen molar-refractivity contribution < 1.29 is 14.4 Å². The van der Waals surface area contributed by atoms with Gasteiger partial charge in [0.1, 0.15) is 0 Å². The van der Waals surface area contributed by atoms with Gasteiger partial charge in [0.25, 0.3) is 0 Å². The molecule has 32 heavy (non-hydrogen) atoms. The molecule has 1 aromatic carbocycles. The molecule has 6 nitrogen and oxygen atoms in total. The molecule has 1 aliphatic carbocycles. The van der Waals surface area contributed by atoms with E-state index in [-0.39, 0.29) is 36.6 Å². The Kier molecular flexibility index (Phi) is 11.8. The van der Waals surface area contributed by atoms with Gasteiger partial charge in [-0.05, 0) is 37.3 Å². The van der Waals surface area contributed by atoms with Crippen LogP contribution in [0.15, 0.2) is 30.3 Å². The summed E-state index contributed by atoms with van der Waals surface area (Å²) < 4.78 is 0. The van der Waals surface area contributed by atoms with Crippen molar-refractivity contribution in [3.8, 4) is 0 Å². The zero-order valence-corrected chi connectivity index (χ0v) is 19.8. The quantitative estimate of drug-likeness (QED) is 0.409. The molecule has 2 atom stereocenters. The minimum Gasteiger partial charge on any atom is -0.356 e. The number of carbonyl (C=O) groups excluding carboxylic acids is 3. The van der Waals surface area contributed by atoms with Crippen LogP contribution in [0, 0.1) is 11.8 Å². The first-order valence-electron chi connectivity index (χ1n) is 12.4. The van der Waals surface area contributed by atoms with Crippen LogP contribution in [0.4, 0.5) is 5.69 Å². The maximum Gasteiger partial charge on any atom is 0.225 e. The fourth-order valence-corrected chi connectivity index (χ4v) is 4.28. The molecule has 0 aromatic heterocycles. The van der Waals surface area contributed by atoms with Gasteiger partial charge in [0, 0.05) is 31.1 Å². The highest BCUT2D eigenvalue weighted by Crippen LogP contribution is 2.20. The molecular formula is C26H41N3O3. The lowest BCUT2D eigenvalue weighted by atomic mass is 9.93. The Balaban J connectivity index is 1.94. The first-order valence-corrected chi connectivity index (χ1v) is 12.4. The monoisotopic (exact) mass is 443 g/mol. The molecule has 2 unspecified atom stereocenters. The first kappa shape index (κ1) is 25.9. The van der Waals surface area contributed by atoms with Crippen molar-refractivity contribution in [3.63, 3.8) is 0 Å². The summed E-state index contributed by atoms with van der Waals surface area (Å²) in [5.41, 5.74) is 0.690. The molecule has 0 radical (unpaired) electrons. The minimum absolute atomic E-state index is 0.00604. The molecule has 3 N–H and O–H groups in total. The van der Waals surface area contributed by atoms with E-state index in [4.69, 9.17) is 0 Å². The topological polar surface area (TPSA) is 87.3 Å². The first-order chi connectivity index (χ1) is 15.5. The van der Waals surface area contributed by atoms with Gasteiger partial charge in [-0.3, -0.25) is 14.4 Å². The van der Waals surface area contributed by atoms with E-state index in [0.29, 0.717) is 18.2 Å². The highest BCUT2D eigenvalue weighted by Gasteiger charge is 2.27. The zero-order valence-electron chi connectivity index (χ0n) is 19.8. The van der Waals surface area contributed by atoms with Crippen molar-refractivity contribution in [2.75, 3.05) is 11.9 Å². The van der Waals surface area contributed by atoms with E-state index >= 15 is 0 Å². The van der Waals surface area contributed by atoms with E-state index in [1.807, 2.05) is 30.3 Å². The Morgan fingerprint density at radius 1 is 0.969 bits per heavy atom. The van der Waals surface area contributed by atoms with Crippen LogP contribution in [-0.4, -0.2) is 30.3 Å². The molecule has 1 fully saturated rings. The smallest absolute Gasteiger partial charge is 0.225 e. The van der Waals surface area contributed by atoms with Crippen LogP contribution in [0.1, 0.15) is 84.5 Å². The molecule has 3 amide bonds. The summed E-state index contributed by atoms with van der Waals surface area (Å²) in [5, 5.41) is 8.94. The standard InChI is InChI=1S/C26H41N3O3/c1-3-5-12-20(4-2)19-27-24(30)17-21(26(32)29-23-15-10-7-11-16-23)18-25(31)28-22-13-8-6-9-14-22/h6,8-9,13-14,20-21,23H,3-5,7,10-12,15-19H2,1-2H3,(H,27,30)(H,28,31)(H,29,32). The van der Waals surface area contributed by atoms with Gasteiger partial charge < -0.3 is 16.0 Å². The van der Waals surface area contributed by atoms with Crippen LogP contribution in [0.3, 0.4) is 0 Å². The summed E-state index contributed by atoms with van der Waals surface area (Å²) >= 11 is 0. The van der Waals surface area contributed by atoms with Crippen LogP contribution >= 0.6 is 0 Å². The third-order valence-electron chi connectivity index (χ3n) is 6.37. The van der Waals surface area contributed by atoms with Gasteiger partial charge in [-0.25, -0.2) is 0 Å². The van der Waals surface area contributed by atoms with E-state index in [2.05, 4.69) is 29.8 Å². The fraction of sp³-hybridized carbons (Fsp3) is 0.654. The maximum atomic E-state index is 13.0. The molecule has 178 valence electrons. The molecule has 6 heteroatoms. The van der Waals surface area contributed by atoms with Crippen LogP contribution in [0.5, 0.6) is 0 Å². The van der Waals surface area contributed by atoms with Crippen molar-refractivity contribution in [1.29, 1.82) is 0 Å². The Labute approximate surface area is 193 Å². The van der Waals surface area contributed by atoms with Gasteiger partial charge in [0.15, 0.2) is 0 Å². The molecule has 0 saturated heterocycles. The number of hydrogen-bond acceptors (Lipinski definition) is 3. The van der Waals surface area contributed by atoms with Crippen molar-refractivity contribution in [1.82, 2.24) is 10.6 Å². The van der Waals surface area contributed by atoms with Crippen LogP contribution in [-0.2, 0) is 14.4 Å². The summed E-state index contributed by atoms with van der Waals surface area (Å²) in [7, 11) is 0. The average Bonchev–Trinajstić information content (AvgIpc) is 2.80. The number of nitrogens with one attached hydrogen (secondary N) is 3. The molecule has 1 saturated carbocycles. The molecule has 0 spiro atoms. The number of unbranched alkanes of at least 4 members (excludes halogenated alkanes) is 1. The van der Waals surface area contributed by atoms with E-state index in [1.54, 1.807) is 0 Å². The SMILES string of the molecule is CCCCC(CC)CNC(=O)CC(CC(=O)Nc1ccccc1)C(=O)NC1CCCCC1. The Morgan fingerprint density at radius 3 is 2.31 bits per heavy atom. The second kappa shape index (κ2) is 14.6. The lowest BCUT2D eigenvalue weighted by Crippen LogP contribution is -2.42. The predicted octanol–water partition coefficient (Wildman–Crippen LogP) is 4.80. The fourth-order valence-electron chi connectivity index (χ4n) is 4.28. The lowest BCUT2D eigenvalue weighted by molar-refractivity contribution is -0.133. The molecule has 0 bridgehead atoms. The van der Waals surface area contributed by atoms with Gasteiger partial charge in [0.2, 0.25) is 17.7 Å². The predicted molar refractivity (Wildman–Crippen MR) is 129 cm³/mol. The van der Waals surface area contributed by atoms with E-state index in [1.165, 1.54) is 6.42 Å². The summed E-state index contributed by atoms with van der Waals surface area (Å²) in [4.78, 5) is 38.3. The molecule has 1 aromatic rings. The maximum absolute atomic E-state index is 13.0. The van der Waals surface area contributed by atoms with Gasteiger partial charge >= 0.3 is 0 Å². The lowest BCUT2D eigenvalue weighted by Gasteiger charge is -2.25. The number of rotatable bonds is 13.